The van der Waals surface area contributed by atoms with Gasteiger partial charge in [-0.25, -0.2) is 9.98 Å². The molecule has 0 aromatic carbocycles. The molecule has 0 aliphatic heterocycles. The zero-order chi connectivity index (χ0) is 16.5. The Labute approximate surface area is 163 Å². The molecular weight excluding hydrogens is 437 g/mol. The summed E-state index contributed by atoms with van der Waals surface area (Å²) in [6, 6.07) is 3.61. The Morgan fingerprint density at radius 3 is 2.67 bits per heavy atom. The molecule has 0 fully saturated rings. The molecule has 0 radical (unpaired) electrons. The number of rotatable bonds is 7. The second kappa shape index (κ2) is 11.3. The fourth-order valence-electron chi connectivity index (χ4n) is 1.97. The summed E-state index contributed by atoms with van der Waals surface area (Å²) in [7, 11) is 0. The van der Waals surface area contributed by atoms with E-state index in [1.165, 1.54) is 4.88 Å². The maximum Gasteiger partial charge on any atom is 0.191 e. The van der Waals surface area contributed by atoms with Gasteiger partial charge in [-0.15, -0.1) is 35.3 Å². The highest BCUT2D eigenvalue weighted by molar-refractivity contribution is 14.0. The zero-order valence-corrected chi connectivity index (χ0v) is 17.0. The van der Waals surface area contributed by atoms with Gasteiger partial charge >= 0.3 is 0 Å². The van der Waals surface area contributed by atoms with Crippen LogP contribution < -0.4 is 10.6 Å². The predicted octanol–water partition coefficient (Wildman–Crippen LogP) is 2.51. The van der Waals surface area contributed by atoms with Gasteiger partial charge < -0.3 is 15.7 Å². The molecule has 0 aliphatic carbocycles. The first-order chi connectivity index (χ1) is 11.2. The molecule has 0 saturated carbocycles. The normalized spacial score (nSPS) is 12.4. The van der Waals surface area contributed by atoms with Gasteiger partial charge in [-0.1, -0.05) is 6.92 Å². The number of hydrogen-bond donors (Lipinski definition) is 3. The van der Waals surface area contributed by atoms with Gasteiger partial charge in [0, 0.05) is 36.6 Å². The quantitative estimate of drug-likeness (QED) is 0.336. The van der Waals surface area contributed by atoms with Crippen molar-refractivity contribution in [1.29, 1.82) is 0 Å². The smallest absolute Gasteiger partial charge is 0.191 e. The Kier molecular flexibility index (Phi) is 9.80. The average molecular weight is 461 g/mol. The van der Waals surface area contributed by atoms with Crippen molar-refractivity contribution < 1.29 is 5.11 Å². The summed E-state index contributed by atoms with van der Waals surface area (Å²) in [6.45, 7) is 5.80. The van der Waals surface area contributed by atoms with E-state index < -0.39 is 6.10 Å². The number of guanidine groups is 1. The Bertz CT molecular complexity index is 620. The van der Waals surface area contributed by atoms with Crippen LogP contribution in [0, 0.1) is 0 Å². The fourth-order valence-corrected chi connectivity index (χ4v) is 2.76. The SMILES string of the molecule is CCNC(=NCc1ncc(CC)s1)NCC(O)c1ccncc1.I. The highest BCUT2D eigenvalue weighted by Gasteiger charge is 2.08. The van der Waals surface area contributed by atoms with Gasteiger partial charge in [-0.2, -0.15) is 0 Å². The minimum absolute atomic E-state index is 0. The Morgan fingerprint density at radius 1 is 1.29 bits per heavy atom. The van der Waals surface area contributed by atoms with Crippen molar-refractivity contribution in [2.45, 2.75) is 32.9 Å². The molecule has 0 bridgehead atoms. The fraction of sp³-hybridized carbons (Fsp3) is 0.438. The largest absolute Gasteiger partial charge is 0.387 e. The van der Waals surface area contributed by atoms with Crippen LogP contribution in [-0.2, 0) is 13.0 Å². The van der Waals surface area contributed by atoms with Gasteiger partial charge in [-0.3, -0.25) is 4.98 Å². The number of nitrogens with one attached hydrogen (secondary N) is 2. The molecule has 3 N–H and O–H groups in total. The highest BCUT2D eigenvalue weighted by atomic mass is 127. The summed E-state index contributed by atoms with van der Waals surface area (Å²) in [5, 5.41) is 17.5. The third-order valence-corrected chi connectivity index (χ3v) is 4.35. The summed E-state index contributed by atoms with van der Waals surface area (Å²) in [5.74, 6) is 0.675. The Morgan fingerprint density at radius 2 is 2.04 bits per heavy atom. The number of aliphatic hydroxyl groups is 1. The van der Waals surface area contributed by atoms with Crippen LogP contribution in [0.15, 0.2) is 35.7 Å². The van der Waals surface area contributed by atoms with Crippen LogP contribution in [0.2, 0.25) is 0 Å². The van der Waals surface area contributed by atoms with Gasteiger partial charge in [0.25, 0.3) is 0 Å². The maximum absolute atomic E-state index is 10.2. The van der Waals surface area contributed by atoms with Gasteiger partial charge in [0.15, 0.2) is 5.96 Å². The van der Waals surface area contributed by atoms with Crippen molar-refractivity contribution in [3.8, 4) is 0 Å². The molecule has 1 atom stereocenters. The minimum atomic E-state index is -0.603. The topological polar surface area (TPSA) is 82.4 Å². The van der Waals surface area contributed by atoms with E-state index in [1.807, 2.05) is 13.1 Å². The van der Waals surface area contributed by atoms with E-state index in [4.69, 9.17) is 0 Å². The van der Waals surface area contributed by atoms with Crippen molar-refractivity contribution in [3.05, 3.63) is 46.2 Å². The lowest BCUT2D eigenvalue weighted by atomic mass is 10.1. The summed E-state index contributed by atoms with van der Waals surface area (Å²) >= 11 is 1.68. The molecule has 8 heteroatoms. The zero-order valence-electron chi connectivity index (χ0n) is 13.9. The number of thiazole rings is 1. The van der Waals surface area contributed by atoms with Crippen molar-refractivity contribution in [3.63, 3.8) is 0 Å². The van der Waals surface area contributed by atoms with E-state index in [0.717, 1.165) is 23.5 Å². The summed E-state index contributed by atoms with van der Waals surface area (Å²) in [4.78, 5) is 14.1. The molecule has 0 amide bonds. The van der Waals surface area contributed by atoms with Crippen LogP contribution in [0.5, 0.6) is 0 Å². The van der Waals surface area contributed by atoms with Gasteiger partial charge in [0.05, 0.1) is 12.6 Å². The lowest BCUT2D eigenvalue weighted by Crippen LogP contribution is -2.39. The van der Waals surface area contributed by atoms with Crippen molar-refractivity contribution >= 4 is 41.3 Å². The highest BCUT2D eigenvalue weighted by Crippen LogP contribution is 2.14. The summed E-state index contributed by atoms with van der Waals surface area (Å²) < 4.78 is 0. The molecule has 2 heterocycles. The molecule has 1 unspecified atom stereocenters. The second-order valence-electron chi connectivity index (χ2n) is 4.95. The first-order valence-corrected chi connectivity index (χ1v) is 8.58. The number of aryl methyl sites for hydroxylation is 1. The maximum atomic E-state index is 10.2. The van der Waals surface area contributed by atoms with E-state index >= 15 is 0 Å². The third kappa shape index (κ3) is 6.70. The molecule has 2 aromatic rings. The minimum Gasteiger partial charge on any atom is -0.387 e. The lowest BCUT2D eigenvalue weighted by molar-refractivity contribution is 0.180. The van der Waals surface area contributed by atoms with Crippen molar-refractivity contribution in [2.24, 2.45) is 4.99 Å². The number of aliphatic hydroxyl groups excluding tert-OH is 1. The Balaban J connectivity index is 0.00000288. The number of halogens is 1. The van der Waals surface area contributed by atoms with Crippen LogP contribution in [-0.4, -0.2) is 34.1 Å². The molecular formula is C16H24IN5OS. The first-order valence-electron chi connectivity index (χ1n) is 7.76. The third-order valence-electron chi connectivity index (χ3n) is 3.22. The monoisotopic (exact) mass is 461 g/mol. The number of nitrogens with zero attached hydrogens (tertiary/aromatic N) is 3. The number of pyridine rings is 1. The Hall–Kier alpha value is -1.26. The molecule has 0 spiro atoms. The molecule has 24 heavy (non-hydrogen) atoms. The van der Waals surface area contributed by atoms with E-state index in [9.17, 15) is 5.11 Å². The number of aliphatic imine (C=N–C) groups is 1. The van der Waals surface area contributed by atoms with Crippen LogP contribution in [0.1, 0.15) is 35.4 Å². The molecule has 132 valence electrons. The van der Waals surface area contributed by atoms with Gasteiger partial charge in [0.2, 0.25) is 0 Å². The second-order valence-corrected chi connectivity index (χ2v) is 6.15. The van der Waals surface area contributed by atoms with Crippen molar-refractivity contribution in [1.82, 2.24) is 20.6 Å². The predicted molar refractivity (Wildman–Crippen MR) is 109 cm³/mol. The summed E-state index contributed by atoms with van der Waals surface area (Å²) in [5.41, 5.74) is 0.829. The van der Waals surface area contributed by atoms with Crippen LogP contribution in [0.4, 0.5) is 0 Å². The molecule has 6 nitrogen and oxygen atoms in total. The lowest BCUT2D eigenvalue weighted by Gasteiger charge is -2.15. The van der Waals surface area contributed by atoms with E-state index in [1.54, 1.807) is 35.9 Å². The molecule has 2 rings (SSSR count). The van der Waals surface area contributed by atoms with Gasteiger partial charge in [0.1, 0.15) is 5.01 Å². The average Bonchev–Trinajstić information content (AvgIpc) is 3.06. The summed E-state index contributed by atoms with van der Waals surface area (Å²) in [6.07, 6.45) is 5.64. The van der Waals surface area contributed by atoms with Crippen LogP contribution >= 0.6 is 35.3 Å². The van der Waals surface area contributed by atoms with E-state index in [0.29, 0.717) is 19.0 Å². The molecule has 2 aromatic heterocycles. The molecule has 0 saturated heterocycles. The standard InChI is InChI=1S/C16H23N5OS.HI/c1-3-13-9-19-15(23-13)11-21-16(18-4-2)20-10-14(22)12-5-7-17-8-6-12;/h5-9,14,22H,3-4,10-11H2,1-2H3,(H2,18,20,21);1H. The number of hydrogen-bond acceptors (Lipinski definition) is 5. The van der Waals surface area contributed by atoms with Crippen LogP contribution in [0.25, 0.3) is 0 Å². The van der Waals surface area contributed by atoms with E-state index in [2.05, 4.69) is 32.5 Å². The van der Waals surface area contributed by atoms with E-state index in [-0.39, 0.29) is 24.0 Å². The van der Waals surface area contributed by atoms with Gasteiger partial charge in [-0.05, 0) is 31.0 Å². The van der Waals surface area contributed by atoms with Crippen LogP contribution in [0.3, 0.4) is 0 Å². The molecule has 0 aliphatic rings. The van der Waals surface area contributed by atoms with Crippen molar-refractivity contribution in [2.75, 3.05) is 13.1 Å². The first kappa shape index (κ1) is 20.8. The number of aromatic nitrogens is 2.